The van der Waals surface area contributed by atoms with Crippen LogP contribution in [0.3, 0.4) is 0 Å². The molecule has 1 aliphatic heterocycles. The van der Waals surface area contributed by atoms with Gasteiger partial charge in [0.2, 0.25) is 10.0 Å². The molecule has 0 atom stereocenters. The van der Waals surface area contributed by atoms with E-state index in [4.69, 9.17) is 17.3 Å². The maximum absolute atomic E-state index is 12.2. The van der Waals surface area contributed by atoms with Gasteiger partial charge in [-0.05, 0) is 18.9 Å². The molecule has 0 aliphatic carbocycles. The van der Waals surface area contributed by atoms with Crippen LogP contribution in [0.5, 0.6) is 0 Å². The molecule has 0 aromatic carbocycles. The summed E-state index contributed by atoms with van der Waals surface area (Å²) in [6, 6.07) is 1.35. The predicted octanol–water partition coefficient (Wildman–Crippen LogP) is 1.49. The van der Waals surface area contributed by atoms with Gasteiger partial charge in [0.05, 0.1) is 5.02 Å². The van der Waals surface area contributed by atoms with Gasteiger partial charge in [-0.1, -0.05) is 18.0 Å². The van der Waals surface area contributed by atoms with Crippen LogP contribution in [-0.2, 0) is 10.0 Å². The van der Waals surface area contributed by atoms with Crippen LogP contribution in [0, 0.1) is 0 Å². The number of anilines is 1. The van der Waals surface area contributed by atoms with E-state index in [2.05, 4.69) is 4.98 Å². The van der Waals surface area contributed by atoms with Gasteiger partial charge in [-0.2, -0.15) is 4.31 Å². The lowest BCUT2D eigenvalue weighted by molar-refractivity contribution is 0.346. The Labute approximate surface area is 106 Å². The number of nitrogens with zero attached hydrogens (tertiary/aromatic N) is 2. The van der Waals surface area contributed by atoms with Crippen molar-refractivity contribution in [2.45, 2.75) is 24.2 Å². The maximum atomic E-state index is 12.2. The van der Waals surface area contributed by atoms with E-state index in [0.29, 0.717) is 13.1 Å². The molecule has 1 fully saturated rings. The zero-order valence-corrected chi connectivity index (χ0v) is 10.8. The topological polar surface area (TPSA) is 76.3 Å². The van der Waals surface area contributed by atoms with Gasteiger partial charge in [-0.25, -0.2) is 13.4 Å². The first kappa shape index (κ1) is 12.6. The van der Waals surface area contributed by atoms with E-state index >= 15 is 0 Å². The van der Waals surface area contributed by atoms with E-state index in [-0.39, 0.29) is 15.7 Å². The van der Waals surface area contributed by atoms with E-state index in [0.717, 1.165) is 19.3 Å². The van der Waals surface area contributed by atoms with Crippen molar-refractivity contribution in [3.05, 3.63) is 17.3 Å². The number of sulfonamides is 1. The number of nitrogens with two attached hydrogens (primary N) is 1. The zero-order valence-electron chi connectivity index (χ0n) is 9.26. The summed E-state index contributed by atoms with van der Waals surface area (Å²) in [6.07, 6.45) is 4.13. The molecule has 1 saturated heterocycles. The highest BCUT2D eigenvalue weighted by Crippen LogP contribution is 2.24. The summed E-state index contributed by atoms with van der Waals surface area (Å²) in [6.45, 7) is 1.12. The van der Waals surface area contributed by atoms with E-state index in [1.54, 1.807) is 0 Å². The lowest BCUT2D eigenvalue weighted by atomic mass is 10.2. The minimum atomic E-state index is -3.47. The molecule has 94 valence electrons. The molecule has 0 spiro atoms. The molecule has 0 bridgehead atoms. The quantitative estimate of drug-likeness (QED) is 0.887. The maximum Gasteiger partial charge on any atom is 0.244 e. The Balaban J connectivity index is 2.33. The summed E-state index contributed by atoms with van der Waals surface area (Å²) in [7, 11) is -3.47. The van der Waals surface area contributed by atoms with Gasteiger partial charge in [0.15, 0.2) is 0 Å². The SMILES string of the molecule is Nc1ncc(S(=O)(=O)N2CCCCC2)cc1Cl. The monoisotopic (exact) mass is 275 g/mol. The van der Waals surface area contributed by atoms with Crippen LogP contribution in [0.4, 0.5) is 5.82 Å². The first-order valence-electron chi connectivity index (χ1n) is 5.43. The van der Waals surface area contributed by atoms with Crippen LogP contribution in [-0.4, -0.2) is 30.8 Å². The van der Waals surface area contributed by atoms with Crippen LogP contribution in [0.2, 0.25) is 5.02 Å². The van der Waals surface area contributed by atoms with Crippen molar-refractivity contribution in [2.75, 3.05) is 18.8 Å². The highest BCUT2D eigenvalue weighted by molar-refractivity contribution is 7.89. The lowest BCUT2D eigenvalue weighted by Crippen LogP contribution is -2.35. The van der Waals surface area contributed by atoms with E-state index < -0.39 is 10.0 Å². The molecule has 2 rings (SSSR count). The molecule has 0 radical (unpaired) electrons. The third kappa shape index (κ3) is 2.53. The third-order valence-electron chi connectivity index (χ3n) is 2.80. The van der Waals surface area contributed by atoms with Crippen molar-refractivity contribution >= 4 is 27.4 Å². The van der Waals surface area contributed by atoms with Gasteiger partial charge in [0.25, 0.3) is 0 Å². The number of pyridine rings is 1. The third-order valence-corrected chi connectivity index (χ3v) is 4.96. The highest BCUT2D eigenvalue weighted by Gasteiger charge is 2.26. The minimum absolute atomic E-state index is 0.110. The average molecular weight is 276 g/mol. The number of rotatable bonds is 2. The number of halogens is 1. The summed E-state index contributed by atoms with van der Waals surface area (Å²) in [5.41, 5.74) is 5.46. The first-order chi connectivity index (χ1) is 8.01. The van der Waals surface area contributed by atoms with Gasteiger partial charge >= 0.3 is 0 Å². The summed E-state index contributed by atoms with van der Waals surface area (Å²) >= 11 is 5.79. The summed E-state index contributed by atoms with van der Waals surface area (Å²) in [4.78, 5) is 3.89. The molecule has 1 aliphatic rings. The fourth-order valence-electron chi connectivity index (χ4n) is 1.83. The molecule has 2 heterocycles. The Hall–Kier alpha value is -0.850. The Morgan fingerprint density at radius 2 is 1.94 bits per heavy atom. The zero-order chi connectivity index (χ0) is 12.5. The van der Waals surface area contributed by atoms with Gasteiger partial charge in [-0.15, -0.1) is 0 Å². The van der Waals surface area contributed by atoms with E-state index in [1.165, 1.54) is 16.6 Å². The van der Waals surface area contributed by atoms with Crippen molar-refractivity contribution in [3.63, 3.8) is 0 Å². The van der Waals surface area contributed by atoms with Crippen molar-refractivity contribution in [2.24, 2.45) is 0 Å². The van der Waals surface area contributed by atoms with Crippen LogP contribution in [0.15, 0.2) is 17.2 Å². The smallest absolute Gasteiger partial charge is 0.244 e. The predicted molar refractivity (Wildman–Crippen MR) is 66.3 cm³/mol. The summed E-state index contributed by atoms with van der Waals surface area (Å²) in [5.74, 6) is 0.143. The van der Waals surface area contributed by atoms with Crippen molar-refractivity contribution < 1.29 is 8.42 Å². The fourth-order valence-corrected chi connectivity index (χ4v) is 3.55. The van der Waals surface area contributed by atoms with E-state index in [1.807, 2.05) is 0 Å². The van der Waals surface area contributed by atoms with Crippen molar-refractivity contribution in [3.8, 4) is 0 Å². The fraction of sp³-hybridized carbons (Fsp3) is 0.500. The van der Waals surface area contributed by atoms with E-state index in [9.17, 15) is 8.42 Å². The van der Waals surface area contributed by atoms with Crippen molar-refractivity contribution in [1.82, 2.24) is 9.29 Å². The van der Waals surface area contributed by atoms with Crippen LogP contribution in [0.25, 0.3) is 0 Å². The molecule has 0 unspecified atom stereocenters. The number of piperidine rings is 1. The summed E-state index contributed by atoms with van der Waals surface area (Å²) in [5, 5.41) is 0.170. The van der Waals surface area contributed by atoms with Crippen LogP contribution in [0.1, 0.15) is 19.3 Å². The summed E-state index contributed by atoms with van der Waals surface area (Å²) < 4.78 is 25.9. The van der Waals surface area contributed by atoms with Gasteiger partial charge < -0.3 is 5.73 Å². The molecule has 5 nitrogen and oxygen atoms in total. The molecule has 1 aromatic rings. The Bertz CT molecular complexity index is 512. The second-order valence-corrected chi connectivity index (χ2v) is 6.35. The highest BCUT2D eigenvalue weighted by atomic mass is 35.5. The molecule has 2 N–H and O–H groups in total. The molecule has 1 aromatic heterocycles. The molecular formula is C10H14ClN3O2S. The average Bonchev–Trinajstić information content (AvgIpc) is 2.33. The Morgan fingerprint density at radius 3 is 2.53 bits per heavy atom. The minimum Gasteiger partial charge on any atom is -0.382 e. The number of aromatic nitrogens is 1. The largest absolute Gasteiger partial charge is 0.382 e. The second kappa shape index (κ2) is 4.80. The number of hydrogen-bond donors (Lipinski definition) is 1. The van der Waals surface area contributed by atoms with Gasteiger partial charge in [-0.3, -0.25) is 0 Å². The second-order valence-electron chi connectivity index (χ2n) is 4.00. The van der Waals surface area contributed by atoms with Gasteiger partial charge in [0.1, 0.15) is 10.7 Å². The Kier molecular flexibility index (Phi) is 3.56. The molecule has 7 heteroatoms. The first-order valence-corrected chi connectivity index (χ1v) is 7.25. The Morgan fingerprint density at radius 1 is 1.29 bits per heavy atom. The molecule has 17 heavy (non-hydrogen) atoms. The van der Waals surface area contributed by atoms with Gasteiger partial charge in [0, 0.05) is 19.3 Å². The van der Waals surface area contributed by atoms with Crippen LogP contribution >= 0.6 is 11.6 Å². The normalized spacial score (nSPS) is 18.2. The number of nitrogen functional groups attached to an aromatic ring is 1. The van der Waals surface area contributed by atoms with Crippen LogP contribution < -0.4 is 5.73 Å². The van der Waals surface area contributed by atoms with Crippen molar-refractivity contribution in [1.29, 1.82) is 0 Å². The lowest BCUT2D eigenvalue weighted by Gasteiger charge is -2.25. The molecule has 0 saturated carbocycles. The molecular weight excluding hydrogens is 262 g/mol. The standard InChI is InChI=1S/C10H14ClN3O2S/c11-9-6-8(7-13-10(9)12)17(15,16)14-4-2-1-3-5-14/h6-7H,1-5H2,(H2,12,13). The number of hydrogen-bond acceptors (Lipinski definition) is 4. The molecule has 0 amide bonds.